The molecule has 1 heterocycles. The topological polar surface area (TPSA) is 82.1 Å². The summed E-state index contributed by atoms with van der Waals surface area (Å²) in [5.74, 6) is -1.14. The van der Waals surface area contributed by atoms with E-state index in [4.69, 9.17) is 14.2 Å². The Labute approximate surface area is 106 Å². The molecule has 2 unspecified atom stereocenters. The lowest BCUT2D eigenvalue weighted by atomic mass is 9.85. The summed E-state index contributed by atoms with van der Waals surface area (Å²) in [6, 6.07) is 0. The molecule has 0 bridgehead atoms. The van der Waals surface area contributed by atoms with Crippen LogP contribution in [0, 0.1) is 11.8 Å². The van der Waals surface area contributed by atoms with Crippen LogP contribution in [-0.4, -0.2) is 42.1 Å². The molecular weight excluding hydrogens is 240 g/mol. The zero-order valence-electron chi connectivity index (χ0n) is 11.1. The van der Waals surface area contributed by atoms with Crippen molar-refractivity contribution in [2.24, 2.45) is 11.8 Å². The molecule has 0 aromatic rings. The van der Waals surface area contributed by atoms with Gasteiger partial charge in [0, 0.05) is 19.8 Å². The lowest BCUT2D eigenvalue weighted by Gasteiger charge is -2.41. The van der Waals surface area contributed by atoms with Gasteiger partial charge in [-0.25, -0.2) is 0 Å². The lowest BCUT2D eigenvalue weighted by Crippen LogP contribution is -2.52. The first kappa shape index (κ1) is 14.9. The molecule has 0 radical (unpaired) electrons. The van der Waals surface area contributed by atoms with Crippen LogP contribution in [-0.2, 0) is 23.8 Å². The van der Waals surface area contributed by atoms with Gasteiger partial charge in [-0.2, -0.15) is 0 Å². The van der Waals surface area contributed by atoms with Gasteiger partial charge in [-0.15, -0.1) is 0 Å². The van der Waals surface area contributed by atoms with Gasteiger partial charge in [0.2, 0.25) is 6.29 Å². The number of ether oxygens (including phenoxy) is 3. The molecule has 1 rings (SSSR count). The SMILES string of the molecule is CC(=O)OCC1O[C@@H](OC(C)=O)C(C)[C@@H](C)[C@@H]1O. The molecule has 0 saturated carbocycles. The van der Waals surface area contributed by atoms with Crippen molar-refractivity contribution in [3.8, 4) is 0 Å². The summed E-state index contributed by atoms with van der Waals surface area (Å²) < 4.78 is 15.3. The van der Waals surface area contributed by atoms with Crippen LogP contribution in [0.3, 0.4) is 0 Å². The highest BCUT2D eigenvalue weighted by Crippen LogP contribution is 2.31. The van der Waals surface area contributed by atoms with Crippen LogP contribution in [0.4, 0.5) is 0 Å². The van der Waals surface area contributed by atoms with Gasteiger partial charge in [0.25, 0.3) is 0 Å². The molecule has 6 heteroatoms. The third-order valence-electron chi connectivity index (χ3n) is 3.22. The average Bonchev–Trinajstić information content (AvgIpc) is 2.27. The van der Waals surface area contributed by atoms with E-state index in [0.717, 1.165) is 0 Å². The summed E-state index contributed by atoms with van der Waals surface area (Å²) in [6.07, 6.45) is -2.16. The van der Waals surface area contributed by atoms with Crippen LogP contribution < -0.4 is 0 Å². The van der Waals surface area contributed by atoms with Crippen molar-refractivity contribution in [3.63, 3.8) is 0 Å². The van der Waals surface area contributed by atoms with Crippen molar-refractivity contribution >= 4 is 11.9 Å². The minimum Gasteiger partial charge on any atom is -0.463 e. The van der Waals surface area contributed by atoms with E-state index in [1.165, 1.54) is 13.8 Å². The Morgan fingerprint density at radius 1 is 1.17 bits per heavy atom. The highest BCUT2D eigenvalue weighted by Gasteiger charge is 2.42. The maximum absolute atomic E-state index is 11.0. The Bertz CT molecular complexity index is 314. The van der Waals surface area contributed by atoms with E-state index in [9.17, 15) is 14.7 Å². The Morgan fingerprint density at radius 2 is 1.78 bits per heavy atom. The molecule has 18 heavy (non-hydrogen) atoms. The molecule has 1 N–H and O–H groups in total. The summed E-state index contributed by atoms with van der Waals surface area (Å²) in [7, 11) is 0. The first-order valence-electron chi connectivity index (χ1n) is 5.97. The molecule has 1 saturated heterocycles. The van der Waals surface area contributed by atoms with E-state index in [0.29, 0.717) is 0 Å². The fourth-order valence-corrected chi connectivity index (χ4v) is 1.91. The standard InChI is InChI=1S/C12H20O6/c1-6-7(2)12(17-9(4)14)18-10(11(6)15)5-16-8(3)13/h6-7,10-12,15H,5H2,1-4H3/t6-,7?,10?,11+,12-/m1/s1. The minimum absolute atomic E-state index is 0.0503. The van der Waals surface area contributed by atoms with Crippen LogP contribution in [0.5, 0.6) is 0 Å². The van der Waals surface area contributed by atoms with Gasteiger partial charge in [0.1, 0.15) is 12.7 Å². The second-order valence-electron chi connectivity index (χ2n) is 4.66. The summed E-state index contributed by atoms with van der Waals surface area (Å²) >= 11 is 0. The molecule has 1 fully saturated rings. The van der Waals surface area contributed by atoms with Crippen LogP contribution >= 0.6 is 0 Å². The molecule has 6 nitrogen and oxygen atoms in total. The Balaban J connectivity index is 2.67. The van der Waals surface area contributed by atoms with Crippen molar-refractivity contribution in [3.05, 3.63) is 0 Å². The van der Waals surface area contributed by atoms with Gasteiger partial charge in [0.15, 0.2) is 0 Å². The van der Waals surface area contributed by atoms with Crippen LogP contribution in [0.2, 0.25) is 0 Å². The van der Waals surface area contributed by atoms with E-state index >= 15 is 0 Å². The first-order chi connectivity index (χ1) is 8.32. The van der Waals surface area contributed by atoms with E-state index in [1.807, 2.05) is 13.8 Å². The quantitative estimate of drug-likeness (QED) is 0.743. The third-order valence-corrected chi connectivity index (χ3v) is 3.22. The zero-order chi connectivity index (χ0) is 13.9. The molecule has 0 amide bonds. The summed E-state index contributed by atoms with van der Waals surface area (Å²) in [5, 5.41) is 10.0. The predicted octanol–water partition coefficient (Wildman–Crippen LogP) is 0.471. The van der Waals surface area contributed by atoms with Gasteiger partial charge < -0.3 is 19.3 Å². The van der Waals surface area contributed by atoms with Crippen LogP contribution in [0.15, 0.2) is 0 Å². The molecule has 5 atom stereocenters. The highest BCUT2D eigenvalue weighted by atomic mass is 16.7. The molecule has 0 aromatic carbocycles. The lowest BCUT2D eigenvalue weighted by molar-refractivity contribution is -0.261. The number of esters is 2. The second kappa shape index (κ2) is 6.15. The Morgan fingerprint density at radius 3 is 2.28 bits per heavy atom. The van der Waals surface area contributed by atoms with Gasteiger partial charge >= 0.3 is 11.9 Å². The van der Waals surface area contributed by atoms with Crippen molar-refractivity contribution in [2.75, 3.05) is 6.61 Å². The molecule has 1 aliphatic heterocycles. The molecule has 1 aliphatic rings. The fraction of sp³-hybridized carbons (Fsp3) is 0.833. The van der Waals surface area contributed by atoms with E-state index in [1.54, 1.807) is 0 Å². The maximum Gasteiger partial charge on any atom is 0.304 e. The number of hydrogen-bond donors (Lipinski definition) is 1. The van der Waals surface area contributed by atoms with Crippen molar-refractivity contribution in [1.82, 2.24) is 0 Å². The maximum atomic E-state index is 11.0. The fourth-order valence-electron chi connectivity index (χ4n) is 1.91. The summed E-state index contributed by atoms with van der Waals surface area (Å²) in [5.41, 5.74) is 0. The Hall–Kier alpha value is -1.14. The third kappa shape index (κ3) is 3.68. The molecule has 0 aromatic heterocycles. The summed E-state index contributed by atoms with van der Waals surface area (Å²) in [4.78, 5) is 21.7. The smallest absolute Gasteiger partial charge is 0.304 e. The summed E-state index contributed by atoms with van der Waals surface area (Å²) in [6.45, 7) is 6.21. The number of carbonyl (C=O) groups is 2. The van der Waals surface area contributed by atoms with Crippen LogP contribution in [0.1, 0.15) is 27.7 Å². The largest absolute Gasteiger partial charge is 0.463 e. The van der Waals surface area contributed by atoms with E-state index in [-0.39, 0.29) is 18.4 Å². The van der Waals surface area contributed by atoms with Gasteiger partial charge in [-0.3, -0.25) is 9.59 Å². The average molecular weight is 260 g/mol. The van der Waals surface area contributed by atoms with E-state index < -0.39 is 30.4 Å². The van der Waals surface area contributed by atoms with Crippen molar-refractivity contribution in [2.45, 2.75) is 46.2 Å². The monoisotopic (exact) mass is 260 g/mol. The predicted molar refractivity (Wildman–Crippen MR) is 61.4 cm³/mol. The van der Waals surface area contributed by atoms with Gasteiger partial charge in [0.05, 0.1) is 6.10 Å². The molecule has 0 spiro atoms. The number of rotatable bonds is 3. The minimum atomic E-state index is -0.758. The normalized spacial score (nSPS) is 35.9. The zero-order valence-corrected chi connectivity index (χ0v) is 11.1. The molecule has 0 aliphatic carbocycles. The van der Waals surface area contributed by atoms with Gasteiger partial charge in [-0.1, -0.05) is 13.8 Å². The molecular formula is C12H20O6. The van der Waals surface area contributed by atoms with E-state index in [2.05, 4.69) is 0 Å². The number of aliphatic hydroxyl groups excluding tert-OH is 1. The van der Waals surface area contributed by atoms with Crippen molar-refractivity contribution in [1.29, 1.82) is 0 Å². The van der Waals surface area contributed by atoms with Crippen molar-refractivity contribution < 1.29 is 28.9 Å². The first-order valence-corrected chi connectivity index (χ1v) is 5.97. The number of aliphatic hydroxyl groups is 1. The highest BCUT2D eigenvalue weighted by molar-refractivity contribution is 5.66. The number of carbonyl (C=O) groups excluding carboxylic acids is 2. The number of hydrogen-bond acceptors (Lipinski definition) is 6. The Kier molecular flexibility index (Phi) is 5.10. The van der Waals surface area contributed by atoms with Gasteiger partial charge in [-0.05, 0) is 5.92 Å². The van der Waals surface area contributed by atoms with Crippen LogP contribution in [0.25, 0.3) is 0 Å². The second-order valence-corrected chi connectivity index (χ2v) is 4.66. The molecule has 104 valence electrons.